The zero-order valence-electron chi connectivity index (χ0n) is 15.1. The Morgan fingerprint density at radius 2 is 1.96 bits per heavy atom. The quantitative estimate of drug-likeness (QED) is 0.744. The summed E-state index contributed by atoms with van der Waals surface area (Å²) in [5.41, 5.74) is 0.773. The van der Waals surface area contributed by atoms with Crippen LogP contribution in [0, 0.1) is 12.8 Å². The van der Waals surface area contributed by atoms with Crippen LogP contribution in [0.5, 0.6) is 11.6 Å². The van der Waals surface area contributed by atoms with E-state index >= 15 is 0 Å². The first kappa shape index (κ1) is 17.2. The lowest BCUT2D eigenvalue weighted by Crippen LogP contribution is -2.20. The molecule has 0 bridgehead atoms. The molecule has 1 aromatic carbocycles. The summed E-state index contributed by atoms with van der Waals surface area (Å²) in [6.07, 6.45) is 7.76. The van der Waals surface area contributed by atoms with Crippen molar-refractivity contribution in [1.29, 1.82) is 0 Å². The molecular formula is C20H21N5O2. The minimum atomic E-state index is 0.108. The fraction of sp³-hybridized carbons (Fsp3) is 0.300. The van der Waals surface area contributed by atoms with Gasteiger partial charge in [0, 0.05) is 30.1 Å². The average Bonchev–Trinajstić information content (AvgIpc) is 3.37. The summed E-state index contributed by atoms with van der Waals surface area (Å²) in [6.45, 7) is 1.81. The van der Waals surface area contributed by atoms with E-state index in [9.17, 15) is 4.79 Å². The smallest absolute Gasteiger partial charge is 0.227 e. The molecular weight excluding hydrogens is 342 g/mol. The number of aromatic nitrogens is 4. The highest BCUT2D eigenvalue weighted by atomic mass is 16.5. The Morgan fingerprint density at radius 3 is 2.67 bits per heavy atom. The fourth-order valence-corrected chi connectivity index (χ4v) is 3.26. The molecule has 1 fully saturated rings. The molecule has 0 aliphatic heterocycles. The van der Waals surface area contributed by atoms with Crippen LogP contribution in [0.15, 0.2) is 48.8 Å². The molecule has 1 aliphatic rings. The third-order valence-electron chi connectivity index (χ3n) is 4.61. The number of nitrogens with one attached hydrogen (secondary N) is 1. The number of amides is 1. The third kappa shape index (κ3) is 4.13. The summed E-state index contributed by atoms with van der Waals surface area (Å²) < 4.78 is 7.51. The van der Waals surface area contributed by atoms with Crippen LogP contribution in [0.2, 0.25) is 0 Å². The van der Waals surface area contributed by atoms with Gasteiger partial charge in [-0.3, -0.25) is 4.79 Å². The SMILES string of the molecule is Cc1nc(Oc2ccc(NC(=O)C3CCCC3)cc2)cc(-n2cccn2)n1. The van der Waals surface area contributed by atoms with Crippen molar-refractivity contribution in [3.05, 3.63) is 54.6 Å². The molecule has 1 aliphatic carbocycles. The van der Waals surface area contributed by atoms with E-state index in [-0.39, 0.29) is 11.8 Å². The molecule has 2 aromatic heterocycles. The van der Waals surface area contributed by atoms with Crippen molar-refractivity contribution in [3.8, 4) is 17.4 Å². The maximum absolute atomic E-state index is 12.2. The molecule has 7 nitrogen and oxygen atoms in total. The van der Waals surface area contributed by atoms with Crippen molar-refractivity contribution in [2.45, 2.75) is 32.6 Å². The van der Waals surface area contributed by atoms with E-state index in [2.05, 4.69) is 20.4 Å². The van der Waals surface area contributed by atoms with Crippen LogP contribution < -0.4 is 10.1 Å². The molecule has 7 heteroatoms. The van der Waals surface area contributed by atoms with Crippen LogP contribution in [-0.2, 0) is 4.79 Å². The number of ether oxygens (including phenoxy) is 1. The third-order valence-corrected chi connectivity index (χ3v) is 4.61. The standard InChI is InChI=1S/C20H21N5O2/c1-14-22-18(25-12-4-11-21-25)13-19(23-14)27-17-9-7-16(8-10-17)24-20(26)15-5-2-3-6-15/h4,7-13,15H,2-3,5-6H2,1H3,(H,24,26). The lowest BCUT2D eigenvalue weighted by atomic mass is 10.1. The molecule has 0 unspecified atom stereocenters. The van der Waals surface area contributed by atoms with E-state index in [0.29, 0.717) is 23.3 Å². The molecule has 1 N–H and O–H groups in total. The van der Waals surface area contributed by atoms with Gasteiger partial charge < -0.3 is 10.1 Å². The number of anilines is 1. The van der Waals surface area contributed by atoms with Crippen molar-refractivity contribution >= 4 is 11.6 Å². The van der Waals surface area contributed by atoms with Crippen molar-refractivity contribution in [1.82, 2.24) is 19.7 Å². The molecule has 0 saturated heterocycles. The first-order valence-corrected chi connectivity index (χ1v) is 9.12. The highest BCUT2D eigenvalue weighted by Crippen LogP contribution is 2.27. The summed E-state index contributed by atoms with van der Waals surface area (Å²) in [7, 11) is 0. The maximum atomic E-state index is 12.2. The van der Waals surface area contributed by atoms with Gasteiger partial charge in [-0.2, -0.15) is 10.1 Å². The van der Waals surface area contributed by atoms with Gasteiger partial charge in [-0.1, -0.05) is 12.8 Å². The summed E-state index contributed by atoms with van der Waals surface area (Å²) >= 11 is 0. The number of hydrogen-bond acceptors (Lipinski definition) is 5. The Bertz CT molecular complexity index is 916. The van der Waals surface area contributed by atoms with Gasteiger partial charge in [0.2, 0.25) is 11.8 Å². The zero-order chi connectivity index (χ0) is 18.6. The minimum Gasteiger partial charge on any atom is -0.439 e. The summed E-state index contributed by atoms with van der Waals surface area (Å²) in [6, 6.07) is 10.9. The second-order valence-corrected chi connectivity index (χ2v) is 6.66. The van der Waals surface area contributed by atoms with E-state index in [1.54, 1.807) is 16.9 Å². The van der Waals surface area contributed by atoms with Gasteiger partial charge in [0.1, 0.15) is 11.6 Å². The molecule has 138 valence electrons. The lowest BCUT2D eigenvalue weighted by molar-refractivity contribution is -0.119. The minimum absolute atomic E-state index is 0.108. The Labute approximate surface area is 157 Å². The van der Waals surface area contributed by atoms with E-state index in [4.69, 9.17) is 4.74 Å². The maximum Gasteiger partial charge on any atom is 0.227 e. The Kier molecular flexibility index (Phi) is 4.82. The van der Waals surface area contributed by atoms with E-state index < -0.39 is 0 Å². The predicted molar refractivity (Wildman–Crippen MR) is 101 cm³/mol. The average molecular weight is 363 g/mol. The number of carbonyl (C=O) groups is 1. The van der Waals surface area contributed by atoms with Crippen molar-refractivity contribution < 1.29 is 9.53 Å². The van der Waals surface area contributed by atoms with Crippen molar-refractivity contribution in [3.63, 3.8) is 0 Å². The highest BCUT2D eigenvalue weighted by Gasteiger charge is 2.22. The van der Waals surface area contributed by atoms with E-state index in [1.807, 2.05) is 43.5 Å². The second-order valence-electron chi connectivity index (χ2n) is 6.66. The van der Waals surface area contributed by atoms with Gasteiger partial charge >= 0.3 is 0 Å². The van der Waals surface area contributed by atoms with Crippen LogP contribution in [0.1, 0.15) is 31.5 Å². The van der Waals surface area contributed by atoms with Gasteiger partial charge in [-0.15, -0.1) is 0 Å². The van der Waals surface area contributed by atoms with Gasteiger partial charge in [0.05, 0.1) is 0 Å². The van der Waals surface area contributed by atoms with Gasteiger partial charge in [0.15, 0.2) is 5.82 Å². The largest absolute Gasteiger partial charge is 0.439 e. The van der Waals surface area contributed by atoms with Crippen LogP contribution in [-0.4, -0.2) is 25.7 Å². The molecule has 1 saturated carbocycles. The van der Waals surface area contributed by atoms with Crippen LogP contribution in [0.25, 0.3) is 5.82 Å². The Morgan fingerprint density at radius 1 is 1.19 bits per heavy atom. The summed E-state index contributed by atoms with van der Waals surface area (Å²) in [5.74, 6) is 2.57. The molecule has 0 radical (unpaired) electrons. The van der Waals surface area contributed by atoms with Crippen molar-refractivity contribution in [2.75, 3.05) is 5.32 Å². The topological polar surface area (TPSA) is 81.9 Å². The van der Waals surface area contributed by atoms with E-state index in [0.717, 1.165) is 31.4 Å². The van der Waals surface area contributed by atoms with Crippen LogP contribution in [0.3, 0.4) is 0 Å². The fourth-order valence-electron chi connectivity index (χ4n) is 3.26. The second kappa shape index (κ2) is 7.57. The monoisotopic (exact) mass is 363 g/mol. The van der Waals surface area contributed by atoms with Gasteiger partial charge in [-0.05, 0) is 50.1 Å². The first-order chi connectivity index (χ1) is 13.2. The van der Waals surface area contributed by atoms with Gasteiger partial charge in [0.25, 0.3) is 0 Å². The Balaban J connectivity index is 1.44. The molecule has 0 atom stereocenters. The lowest BCUT2D eigenvalue weighted by Gasteiger charge is -2.11. The molecule has 27 heavy (non-hydrogen) atoms. The number of rotatable bonds is 5. The number of nitrogens with zero attached hydrogens (tertiary/aromatic N) is 4. The highest BCUT2D eigenvalue weighted by molar-refractivity contribution is 5.92. The summed E-state index contributed by atoms with van der Waals surface area (Å²) in [4.78, 5) is 20.9. The number of hydrogen-bond donors (Lipinski definition) is 1. The molecule has 2 heterocycles. The molecule has 3 aromatic rings. The zero-order valence-corrected chi connectivity index (χ0v) is 15.1. The van der Waals surface area contributed by atoms with E-state index in [1.165, 1.54) is 0 Å². The van der Waals surface area contributed by atoms with Crippen molar-refractivity contribution in [2.24, 2.45) is 5.92 Å². The number of benzene rings is 1. The van der Waals surface area contributed by atoms with Crippen LogP contribution >= 0.6 is 0 Å². The predicted octanol–water partition coefficient (Wildman–Crippen LogP) is 3.89. The van der Waals surface area contributed by atoms with Gasteiger partial charge in [-0.25, -0.2) is 9.67 Å². The molecule has 4 rings (SSSR count). The van der Waals surface area contributed by atoms with Crippen LogP contribution in [0.4, 0.5) is 5.69 Å². The normalized spacial score (nSPS) is 14.3. The first-order valence-electron chi connectivity index (χ1n) is 9.12. The number of carbonyl (C=O) groups excluding carboxylic acids is 1. The molecule has 1 amide bonds. The molecule has 0 spiro atoms. The number of aryl methyl sites for hydroxylation is 1. The Hall–Kier alpha value is -3.22. The summed E-state index contributed by atoms with van der Waals surface area (Å²) in [5, 5.41) is 7.16.